The Balaban J connectivity index is 2.02. The van der Waals surface area contributed by atoms with Crippen LogP contribution in [0.25, 0.3) is 0 Å². The molecule has 1 rings (SSSR count). The second-order valence-electron chi connectivity index (χ2n) is 4.02. The highest BCUT2D eigenvalue weighted by Gasteiger charge is 2.30. The van der Waals surface area contributed by atoms with Gasteiger partial charge in [-0.05, 0) is 19.8 Å². The number of nitrogens with one attached hydrogen (secondary N) is 1. The number of nitrogens with two attached hydrogens (primary N) is 1. The van der Waals surface area contributed by atoms with Crippen LogP contribution in [0, 0.1) is 5.92 Å². The summed E-state index contributed by atoms with van der Waals surface area (Å²) in [6.45, 7) is 5.08. The second kappa shape index (κ2) is 7.60. The van der Waals surface area contributed by atoms with Gasteiger partial charge in [-0.3, -0.25) is 4.79 Å². The van der Waals surface area contributed by atoms with Gasteiger partial charge in [0.2, 0.25) is 5.91 Å². The summed E-state index contributed by atoms with van der Waals surface area (Å²) in [7, 11) is 0. The first-order valence-electron chi connectivity index (χ1n) is 5.93. The van der Waals surface area contributed by atoms with Crippen LogP contribution in [0.3, 0.4) is 0 Å². The van der Waals surface area contributed by atoms with Gasteiger partial charge in [-0.15, -0.1) is 0 Å². The number of carbonyl (C=O) groups is 1. The molecule has 0 aliphatic carbocycles. The molecular weight excluding hydrogens is 208 g/mol. The predicted molar refractivity (Wildman–Crippen MR) is 61.0 cm³/mol. The standard InChI is InChI=1S/C11H22N2O3/c1-9-10(3-7-16-9)11(14)13-5-2-6-15-8-4-12/h9-10H,2-8,12H2,1H3,(H,13,14). The van der Waals surface area contributed by atoms with Gasteiger partial charge in [0, 0.05) is 26.3 Å². The first-order valence-corrected chi connectivity index (χ1v) is 5.93. The first-order chi connectivity index (χ1) is 7.75. The Bertz CT molecular complexity index is 211. The monoisotopic (exact) mass is 230 g/mol. The minimum absolute atomic E-state index is 0.0185. The topological polar surface area (TPSA) is 73.6 Å². The molecule has 1 saturated heterocycles. The van der Waals surface area contributed by atoms with Gasteiger partial charge in [0.1, 0.15) is 0 Å². The van der Waals surface area contributed by atoms with Crippen LogP contribution in [0.1, 0.15) is 19.8 Å². The number of rotatable bonds is 7. The van der Waals surface area contributed by atoms with E-state index in [1.165, 1.54) is 0 Å². The van der Waals surface area contributed by atoms with E-state index in [9.17, 15) is 4.79 Å². The van der Waals surface area contributed by atoms with Crippen molar-refractivity contribution in [3.8, 4) is 0 Å². The molecule has 1 heterocycles. The highest BCUT2D eigenvalue weighted by molar-refractivity contribution is 5.79. The van der Waals surface area contributed by atoms with E-state index in [2.05, 4.69) is 5.32 Å². The third-order valence-corrected chi connectivity index (χ3v) is 2.74. The summed E-state index contributed by atoms with van der Waals surface area (Å²) < 4.78 is 10.6. The summed E-state index contributed by atoms with van der Waals surface area (Å²) in [6.07, 6.45) is 1.71. The molecule has 0 spiro atoms. The summed E-state index contributed by atoms with van der Waals surface area (Å²) in [6, 6.07) is 0. The molecule has 1 aliphatic heterocycles. The zero-order valence-electron chi connectivity index (χ0n) is 9.91. The van der Waals surface area contributed by atoms with Crippen molar-refractivity contribution in [1.82, 2.24) is 5.32 Å². The molecule has 0 bridgehead atoms. The molecule has 0 radical (unpaired) electrons. The molecule has 5 nitrogen and oxygen atoms in total. The predicted octanol–water partition coefficient (Wildman–Crippen LogP) is -0.107. The maximum absolute atomic E-state index is 11.7. The van der Waals surface area contributed by atoms with Crippen molar-refractivity contribution in [2.24, 2.45) is 11.7 Å². The van der Waals surface area contributed by atoms with Gasteiger partial charge in [0.15, 0.2) is 0 Å². The van der Waals surface area contributed by atoms with E-state index in [1.54, 1.807) is 0 Å². The fourth-order valence-electron chi connectivity index (χ4n) is 1.78. The molecule has 1 fully saturated rings. The lowest BCUT2D eigenvalue weighted by Gasteiger charge is -2.13. The Morgan fingerprint density at radius 2 is 2.38 bits per heavy atom. The minimum Gasteiger partial charge on any atom is -0.380 e. The van der Waals surface area contributed by atoms with Crippen molar-refractivity contribution in [3.63, 3.8) is 0 Å². The zero-order chi connectivity index (χ0) is 11.8. The first kappa shape index (κ1) is 13.4. The van der Waals surface area contributed by atoms with E-state index < -0.39 is 0 Å². The summed E-state index contributed by atoms with van der Waals surface area (Å²) in [5.41, 5.74) is 5.28. The van der Waals surface area contributed by atoms with Gasteiger partial charge >= 0.3 is 0 Å². The van der Waals surface area contributed by atoms with Gasteiger partial charge in [-0.25, -0.2) is 0 Å². The number of amides is 1. The van der Waals surface area contributed by atoms with Crippen LogP contribution in [-0.4, -0.2) is 44.9 Å². The van der Waals surface area contributed by atoms with Crippen LogP contribution in [0.4, 0.5) is 0 Å². The van der Waals surface area contributed by atoms with Crippen LogP contribution in [0.5, 0.6) is 0 Å². The fourth-order valence-corrected chi connectivity index (χ4v) is 1.78. The molecule has 16 heavy (non-hydrogen) atoms. The number of hydrogen-bond acceptors (Lipinski definition) is 4. The van der Waals surface area contributed by atoms with Crippen molar-refractivity contribution in [3.05, 3.63) is 0 Å². The van der Waals surface area contributed by atoms with Crippen LogP contribution < -0.4 is 11.1 Å². The van der Waals surface area contributed by atoms with Crippen LogP contribution in [0.15, 0.2) is 0 Å². The second-order valence-corrected chi connectivity index (χ2v) is 4.02. The Kier molecular flexibility index (Phi) is 6.37. The van der Waals surface area contributed by atoms with E-state index in [-0.39, 0.29) is 17.9 Å². The maximum atomic E-state index is 11.7. The Labute approximate surface area is 96.7 Å². The molecule has 0 saturated carbocycles. The van der Waals surface area contributed by atoms with Crippen molar-refractivity contribution < 1.29 is 14.3 Å². The molecule has 2 atom stereocenters. The third kappa shape index (κ3) is 4.47. The van der Waals surface area contributed by atoms with E-state index in [0.29, 0.717) is 32.9 Å². The fraction of sp³-hybridized carbons (Fsp3) is 0.909. The van der Waals surface area contributed by atoms with Crippen molar-refractivity contribution in [2.75, 3.05) is 32.9 Å². The van der Waals surface area contributed by atoms with Crippen LogP contribution in [0.2, 0.25) is 0 Å². The van der Waals surface area contributed by atoms with E-state index in [0.717, 1.165) is 12.8 Å². The molecule has 1 amide bonds. The molecule has 3 N–H and O–H groups in total. The number of ether oxygens (including phenoxy) is 2. The summed E-state index contributed by atoms with van der Waals surface area (Å²) >= 11 is 0. The lowest BCUT2D eigenvalue weighted by atomic mass is 10.0. The average molecular weight is 230 g/mol. The van der Waals surface area contributed by atoms with Gasteiger partial charge in [0.25, 0.3) is 0 Å². The summed E-state index contributed by atoms with van der Waals surface area (Å²) in [5, 5.41) is 2.90. The summed E-state index contributed by atoms with van der Waals surface area (Å²) in [5.74, 6) is 0.119. The molecule has 0 aromatic heterocycles. The van der Waals surface area contributed by atoms with Gasteiger partial charge < -0.3 is 20.5 Å². The zero-order valence-corrected chi connectivity index (χ0v) is 9.91. The minimum atomic E-state index is 0.0185. The Morgan fingerprint density at radius 1 is 1.56 bits per heavy atom. The van der Waals surface area contributed by atoms with Crippen molar-refractivity contribution >= 4 is 5.91 Å². The molecule has 94 valence electrons. The van der Waals surface area contributed by atoms with Crippen LogP contribution in [-0.2, 0) is 14.3 Å². The Hall–Kier alpha value is -0.650. The molecule has 0 aromatic rings. The smallest absolute Gasteiger partial charge is 0.225 e. The van der Waals surface area contributed by atoms with Crippen molar-refractivity contribution in [2.45, 2.75) is 25.9 Å². The molecule has 0 aromatic carbocycles. The van der Waals surface area contributed by atoms with Gasteiger partial charge in [0.05, 0.1) is 18.6 Å². The maximum Gasteiger partial charge on any atom is 0.225 e. The van der Waals surface area contributed by atoms with Gasteiger partial charge in [-0.2, -0.15) is 0 Å². The lowest BCUT2D eigenvalue weighted by molar-refractivity contribution is -0.126. The third-order valence-electron chi connectivity index (χ3n) is 2.74. The number of hydrogen-bond donors (Lipinski definition) is 2. The van der Waals surface area contributed by atoms with E-state index in [1.807, 2.05) is 6.92 Å². The Morgan fingerprint density at radius 3 is 3.00 bits per heavy atom. The molecule has 1 aliphatic rings. The average Bonchev–Trinajstić information content (AvgIpc) is 2.69. The quantitative estimate of drug-likeness (QED) is 0.599. The highest BCUT2D eigenvalue weighted by Crippen LogP contribution is 2.20. The molecular formula is C11H22N2O3. The highest BCUT2D eigenvalue weighted by atomic mass is 16.5. The SMILES string of the molecule is CC1OCCC1C(=O)NCCCOCCN. The van der Waals surface area contributed by atoms with E-state index >= 15 is 0 Å². The van der Waals surface area contributed by atoms with Crippen LogP contribution >= 0.6 is 0 Å². The largest absolute Gasteiger partial charge is 0.380 e. The normalized spacial score (nSPS) is 24.6. The summed E-state index contributed by atoms with van der Waals surface area (Å²) in [4.78, 5) is 11.7. The lowest BCUT2D eigenvalue weighted by Crippen LogP contribution is -2.35. The molecule has 5 heteroatoms. The van der Waals surface area contributed by atoms with Gasteiger partial charge in [-0.1, -0.05) is 0 Å². The van der Waals surface area contributed by atoms with E-state index in [4.69, 9.17) is 15.2 Å². The molecule has 2 unspecified atom stereocenters. The van der Waals surface area contributed by atoms with Crippen molar-refractivity contribution in [1.29, 1.82) is 0 Å². The number of carbonyl (C=O) groups excluding carboxylic acids is 1.